The van der Waals surface area contributed by atoms with Gasteiger partial charge in [0, 0.05) is 18.0 Å². The Morgan fingerprint density at radius 2 is 1.32 bits per heavy atom. The van der Waals surface area contributed by atoms with Crippen LogP contribution < -0.4 is 10.6 Å². The van der Waals surface area contributed by atoms with E-state index in [9.17, 15) is 9.59 Å². The second kappa shape index (κ2) is 15.5. The van der Waals surface area contributed by atoms with Crippen LogP contribution in [0.1, 0.15) is 44.4 Å². The number of carbonyl (C=O) groups is 2. The van der Waals surface area contributed by atoms with Crippen LogP contribution in [-0.4, -0.2) is 47.7 Å². The molecule has 3 aromatic rings. The number of carbonyl (C=O) groups excluding carboxylic acids is 2. The van der Waals surface area contributed by atoms with Gasteiger partial charge in [-0.15, -0.1) is 0 Å². The van der Waals surface area contributed by atoms with Gasteiger partial charge in [0.25, 0.3) is 0 Å². The number of halogens is 1. The van der Waals surface area contributed by atoms with Gasteiger partial charge in [0.2, 0.25) is 0 Å². The number of likely N-dealkylation sites (N-methyl/N-ethyl adjacent to an activating group) is 2. The summed E-state index contributed by atoms with van der Waals surface area (Å²) in [4.78, 5) is 31.4. The molecule has 0 bridgehead atoms. The van der Waals surface area contributed by atoms with Gasteiger partial charge >= 0.3 is 0 Å². The van der Waals surface area contributed by atoms with E-state index in [1.807, 2.05) is 25.4 Å². The molecule has 198 valence electrons. The fourth-order valence-electron chi connectivity index (χ4n) is 3.99. The maximum atomic E-state index is 11.5. The monoisotopic (exact) mass is 566 g/mol. The molecule has 2 aromatic heterocycles. The predicted octanol–water partition coefficient (Wildman–Crippen LogP) is 5.23. The molecule has 7 heteroatoms. The van der Waals surface area contributed by atoms with E-state index in [4.69, 9.17) is 0 Å². The number of pyridine rings is 2. The number of nitrogens with one attached hydrogen (secondary N) is 2. The molecule has 0 saturated carbocycles. The lowest BCUT2D eigenvalue weighted by Gasteiger charge is -2.14. The minimum atomic E-state index is -0.143. The van der Waals surface area contributed by atoms with Gasteiger partial charge in [-0.25, -0.2) is 4.98 Å². The lowest BCUT2D eigenvalue weighted by atomic mass is 9.95. The molecule has 6 nitrogen and oxygen atoms in total. The van der Waals surface area contributed by atoms with Crippen LogP contribution in [-0.2, 0) is 28.9 Å². The lowest BCUT2D eigenvalue weighted by molar-refractivity contribution is -0.119. The second-order valence-corrected chi connectivity index (χ2v) is 10.4. The van der Waals surface area contributed by atoms with Gasteiger partial charge in [-0.1, -0.05) is 50.2 Å². The molecule has 0 saturated heterocycles. The molecule has 37 heavy (non-hydrogen) atoms. The smallest absolute Gasteiger partial charge is 0.147 e. The van der Waals surface area contributed by atoms with Crippen LogP contribution in [0.2, 0.25) is 0 Å². The predicted molar refractivity (Wildman–Crippen MR) is 155 cm³/mol. The van der Waals surface area contributed by atoms with Crippen molar-refractivity contribution < 1.29 is 9.59 Å². The first kappa shape index (κ1) is 30.5. The maximum Gasteiger partial charge on any atom is 0.147 e. The number of hydrogen-bond donors (Lipinski definition) is 2. The van der Waals surface area contributed by atoms with E-state index in [0.717, 1.165) is 27.8 Å². The van der Waals surface area contributed by atoms with Crippen LogP contribution in [0.25, 0.3) is 11.3 Å². The Balaban J connectivity index is 0.000000294. The number of aromatic nitrogens is 2. The molecular formula is C30H39BrN4O2. The molecule has 0 spiro atoms. The first-order valence-electron chi connectivity index (χ1n) is 12.6. The van der Waals surface area contributed by atoms with Crippen LogP contribution in [0.15, 0.2) is 65.5 Å². The fraction of sp³-hybridized carbons (Fsp3) is 0.400. The zero-order valence-electron chi connectivity index (χ0n) is 22.7. The largest absolute Gasteiger partial charge is 0.310 e. The highest BCUT2D eigenvalue weighted by Crippen LogP contribution is 2.24. The molecule has 0 aliphatic heterocycles. The molecule has 2 atom stereocenters. The van der Waals surface area contributed by atoms with Gasteiger partial charge in [0.15, 0.2) is 0 Å². The van der Waals surface area contributed by atoms with Gasteiger partial charge in [-0.2, -0.15) is 0 Å². The van der Waals surface area contributed by atoms with Crippen molar-refractivity contribution in [3.63, 3.8) is 0 Å². The first-order valence-corrected chi connectivity index (χ1v) is 13.4. The number of benzene rings is 1. The van der Waals surface area contributed by atoms with Crippen molar-refractivity contribution in [1.82, 2.24) is 20.6 Å². The highest BCUT2D eigenvalue weighted by Gasteiger charge is 2.14. The number of nitrogens with zero attached hydrogens (tertiary/aromatic N) is 2. The number of rotatable bonds is 11. The summed E-state index contributed by atoms with van der Waals surface area (Å²) in [6, 6.07) is 16.2. The summed E-state index contributed by atoms with van der Waals surface area (Å²) in [6.07, 6.45) is 6.07. The maximum absolute atomic E-state index is 11.5. The molecule has 0 unspecified atom stereocenters. The second-order valence-electron chi connectivity index (χ2n) is 9.61. The normalized spacial score (nSPS) is 12.4. The van der Waals surface area contributed by atoms with E-state index in [-0.39, 0.29) is 23.7 Å². The standard InChI is InChI=1S/C20H26N2O.C10H13BrN2O/c1-14(2)11-17-7-5-6-8-18(17)19-10-9-16(13-22-19)12-20(21-4)15(3)23;1-7(14)9(12-2)5-8-3-4-10(11)13-6-8/h5-10,13-14,20-21H,11-12H2,1-4H3;3-4,6,9,12H,5H2,1-2H3/t20-;9-/m00/s1. The van der Waals surface area contributed by atoms with Gasteiger partial charge in [-0.3, -0.25) is 14.6 Å². The minimum absolute atomic E-state index is 0.113. The Morgan fingerprint density at radius 3 is 1.76 bits per heavy atom. The molecule has 0 aliphatic carbocycles. The van der Waals surface area contributed by atoms with Crippen LogP contribution in [0, 0.1) is 5.92 Å². The van der Waals surface area contributed by atoms with Gasteiger partial charge in [0.05, 0.1) is 17.8 Å². The van der Waals surface area contributed by atoms with E-state index < -0.39 is 0 Å². The van der Waals surface area contributed by atoms with Gasteiger partial charge < -0.3 is 10.6 Å². The third kappa shape index (κ3) is 10.3. The van der Waals surface area contributed by atoms with Crippen molar-refractivity contribution in [2.24, 2.45) is 5.92 Å². The summed E-state index contributed by atoms with van der Waals surface area (Å²) in [7, 11) is 3.61. The Kier molecular flexibility index (Phi) is 12.8. The molecule has 0 amide bonds. The van der Waals surface area contributed by atoms with E-state index in [2.05, 4.69) is 86.8 Å². The third-order valence-electron chi connectivity index (χ3n) is 6.09. The van der Waals surface area contributed by atoms with Crippen molar-refractivity contribution in [2.75, 3.05) is 14.1 Å². The Bertz CT molecular complexity index is 1130. The lowest BCUT2D eigenvalue weighted by Crippen LogP contribution is -2.34. The van der Waals surface area contributed by atoms with Crippen molar-refractivity contribution in [3.8, 4) is 11.3 Å². The Morgan fingerprint density at radius 1 is 0.784 bits per heavy atom. The summed E-state index contributed by atoms with van der Waals surface area (Å²) in [5, 5.41) is 6.03. The van der Waals surface area contributed by atoms with Gasteiger partial charge in [0.1, 0.15) is 16.2 Å². The SMILES string of the molecule is CN[C@@H](Cc1ccc(-c2ccccc2CC(C)C)nc1)C(C)=O.CN[C@@H](Cc1ccc(Br)nc1)C(C)=O. The fourth-order valence-corrected chi connectivity index (χ4v) is 4.22. The van der Waals surface area contributed by atoms with Crippen molar-refractivity contribution in [2.45, 2.75) is 59.0 Å². The zero-order valence-corrected chi connectivity index (χ0v) is 24.3. The van der Waals surface area contributed by atoms with Crippen LogP contribution in [0.5, 0.6) is 0 Å². The molecule has 2 heterocycles. The van der Waals surface area contributed by atoms with E-state index >= 15 is 0 Å². The zero-order chi connectivity index (χ0) is 27.4. The summed E-state index contributed by atoms with van der Waals surface area (Å²) in [5.41, 5.74) is 5.66. The number of Topliss-reactive ketones (excluding diaryl/α,β-unsaturated/α-hetero) is 2. The summed E-state index contributed by atoms with van der Waals surface area (Å²) in [5.74, 6) is 0.914. The summed E-state index contributed by atoms with van der Waals surface area (Å²) < 4.78 is 0.810. The minimum Gasteiger partial charge on any atom is -0.310 e. The number of hydrogen-bond acceptors (Lipinski definition) is 6. The molecule has 0 aliphatic rings. The van der Waals surface area contributed by atoms with E-state index in [1.165, 1.54) is 11.1 Å². The molecule has 0 radical (unpaired) electrons. The Labute approximate surface area is 229 Å². The molecule has 3 rings (SSSR count). The van der Waals surface area contributed by atoms with Gasteiger partial charge in [-0.05, 0) is 97.9 Å². The van der Waals surface area contributed by atoms with Crippen molar-refractivity contribution in [1.29, 1.82) is 0 Å². The molecular weight excluding hydrogens is 528 g/mol. The van der Waals surface area contributed by atoms with E-state index in [1.54, 1.807) is 27.1 Å². The Hall–Kier alpha value is -2.74. The highest BCUT2D eigenvalue weighted by molar-refractivity contribution is 9.10. The average Bonchev–Trinajstić information content (AvgIpc) is 2.87. The average molecular weight is 568 g/mol. The molecule has 1 aromatic carbocycles. The summed E-state index contributed by atoms with van der Waals surface area (Å²) >= 11 is 3.26. The van der Waals surface area contributed by atoms with Crippen molar-refractivity contribution >= 4 is 27.5 Å². The molecule has 2 N–H and O–H groups in total. The summed E-state index contributed by atoms with van der Waals surface area (Å²) in [6.45, 7) is 7.67. The third-order valence-corrected chi connectivity index (χ3v) is 6.56. The number of ketones is 2. The van der Waals surface area contributed by atoms with Crippen molar-refractivity contribution in [3.05, 3.63) is 82.2 Å². The topological polar surface area (TPSA) is 84.0 Å². The quantitative estimate of drug-likeness (QED) is 0.309. The first-order chi connectivity index (χ1) is 17.6. The van der Waals surface area contributed by atoms with E-state index in [0.29, 0.717) is 18.8 Å². The van der Waals surface area contributed by atoms with Crippen LogP contribution in [0.4, 0.5) is 0 Å². The van der Waals surface area contributed by atoms with Crippen LogP contribution in [0.3, 0.4) is 0 Å². The molecule has 0 fully saturated rings. The highest BCUT2D eigenvalue weighted by atomic mass is 79.9. The van der Waals surface area contributed by atoms with Crippen LogP contribution >= 0.6 is 15.9 Å².